The van der Waals surface area contributed by atoms with Crippen LogP contribution in [0, 0.1) is 5.82 Å². The summed E-state index contributed by atoms with van der Waals surface area (Å²) in [5.41, 5.74) is 2.70. The Kier molecular flexibility index (Phi) is 6.06. The third-order valence-electron chi connectivity index (χ3n) is 4.54. The molecule has 1 aromatic heterocycles. The third-order valence-corrected chi connectivity index (χ3v) is 4.54. The minimum atomic E-state index is -0.466. The third kappa shape index (κ3) is 4.45. The van der Waals surface area contributed by atoms with E-state index in [9.17, 15) is 14.0 Å². The molecule has 0 amide bonds. The first-order chi connectivity index (χ1) is 13.1. The molecule has 1 atom stereocenters. The van der Waals surface area contributed by atoms with Crippen molar-refractivity contribution < 1.29 is 18.7 Å². The molecule has 3 rings (SSSR count). The number of aliphatic imine (C=N–C) groups is 1. The van der Waals surface area contributed by atoms with Gasteiger partial charge in [0.05, 0.1) is 23.9 Å². The molecule has 0 saturated heterocycles. The van der Waals surface area contributed by atoms with E-state index < -0.39 is 11.8 Å². The Morgan fingerprint density at radius 3 is 2.93 bits per heavy atom. The number of aromatic nitrogens is 1. The smallest absolute Gasteiger partial charge is 0.352 e. The summed E-state index contributed by atoms with van der Waals surface area (Å²) >= 11 is 0. The van der Waals surface area contributed by atoms with Gasteiger partial charge in [-0.25, -0.2) is 14.2 Å². The first-order valence-electron chi connectivity index (χ1n) is 9.08. The molecule has 0 fully saturated rings. The summed E-state index contributed by atoms with van der Waals surface area (Å²) in [5.74, 6) is -1.20. The number of nitrogens with zero attached hydrogens (tertiary/aromatic N) is 2. The Morgan fingerprint density at radius 2 is 2.15 bits per heavy atom. The lowest BCUT2D eigenvalue weighted by molar-refractivity contribution is -0.135. The zero-order valence-corrected chi connectivity index (χ0v) is 15.2. The highest BCUT2D eigenvalue weighted by molar-refractivity contribution is 6.37. The van der Waals surface area contributed by atoms with Crippen LogP contribution in [0.3, 0.4) is 0 Å². The molecule has 2 aromatic rings. The van der Waals surface area contributed by atoms with Gasteiger partial charge in [0.25, 0.3) is 0 Å². The largest absolute Gasteiger partial charge is 0.462 e. The maximum Gasteiger partial charge on any atom is 0.352 e. The Morgan fingerprint density at radius 1 is 1.30 bits per heavy atom. The number of ether oxygens (including phenoxy) is 1. The van der Waals surface area contributed by atoms with E-state index in [2.05, 4.69) is 9.98 Å². The first-order valence-corrected chi connectivity index (χ1v) is 9.08. The second kappa shape index (κ2) is 8.66. The number of hydrogen-bond acceptors (Lipinski definition) is 5. The fourth-order valence-electron chi connectivity index (χ4n) is 3.16. The maximum absolute atomic E-state index is 13.9. The van der Waals surface area contributed by atoms with Crippen LogP contribution in [0.15, 0.2) is 41.5 Å². The van der Waals surface area contributed by atoms with Crippen molar-refractivity contribution >= 4 is 23.7 Å². The molecular weight excluding hydrogens is 347 g/mol. The molecule has 2 bridgehead atoms. The van der Waals surface area contributed by atoms with Crippen LogP contribution in [-0.2, 0) is 14.3 Å². The van der Waals surface area contributed by atoms with Crippen molar-refractivity contribution in [1.29, 1.82) is 0 Å². The van der Waals surface area contributed by atoms with Gasteiger partial charge in [-0.15, -0.1) is 0 Å². The van der Waals surface area contributed by atoms with Gasteiger partial charge in [0.2, 0.25) is 0 Å². The molecule has 1 unspecified atom stereocenters. The zero-order valence-electron chi connectivity index (χ0n) is 15.2. The van der Waals surface area contributed by atoms with E-state index in [1.807, 2.05) is 0 Å². The van der Waals surface area contributed by atoms with Crippen molar-refractivity contribution in [3.63, 3.8) is 0 Å². The van der Waals surface area contributed by atoms with Crippen molar-refractivity contribution in [3.05, 3.63) is 48.0 Å². The van der Waals surface area contributed by atoms with Crippen molar-refractivity contribution in [3.8, 4) is 11.1 Å². The number of halogens is 1. The fourth-order valence-corrected chi connectivity index (χ4v) is 3.16. The molecule has 27 heavy (non-hydrogen) atoms. The number of carbonyl (C=O) groups is 2. The van der Waals surface area contributed by atoms with Crippen molar-refractivity contribution in [2.45, 2.75) is 38.5 Å². The summed E-state index contributed by atoms with van der Waals surface area (Å²) in [7, 11) is 0. The summed E-state index contributed by atoms with van der Waals surface area (Å²) in [6, 6.07) is 7.77. The van der Waals surface area contributed by atoms with Crippen LogP contribution in [0.5, 0.6) is 0 Å². The molecule has 0 N–H and O–H groups in total. The van der Waals surface area contributed by atoms with E-state index in [1.54, 1.807) is 31.3 Å². The average molecular weight is 368 g/mol. The molecular formula is C21H21FN2O3. The SMILES string of the molecule is CCOC(=O)C1=Nc2ccc(F)cc2-c2ccnc(c2)C(C=O)CCCC1. The fraction of sp³-hybridized carbons (Fsp3) is 0.333. The van der Waals surface area contributed by atoms with E-state index in [1.165, 1.54) is 12.1 Å². The first kappa shape index (κ1) is 18.9. The molecule has 0 aliphatic carbocycles. The summed E-state index contributed by atoms with van der Waals surface area (Å²) in [6.45, 7) is 2.00. The molecule has 1 aromatic carbocycles. The Labute approximate surface area is 157 Å². The van der Waals surface area contributed by atoms with Crippen LogP contribution in [0.4, 0.5) is 10.1 Å². The quantitative estimate of drug-likeness (QED) is 0.595. The van der Waals surface area contributed by atoms with Gasteiger partial charge >= 0.3 is 5.97 Å². The van der Waals surface area contributed by atoms with Crippen molar-refractivity contribution in [2.24, 2.45) is 4.99 Å². The topological polar surface area (TPSA) is 68.6 Å². The van der Waals surface area contributed by atoms with E-state index in [0.717, 1.165) is 12.7 Å². The van der Waals surface area contributed by atoms with Gasteiger partial charge in [0.1, 0.15) is 17.8 Å². The molecule has 1 aliphatic heterocycles. The predicted molar refractivity (Wildman–Crippen MR) is 101 cm³/mol. The second-order valence-corrected chi connectivity index (χ2v) is 6.40. The van der Waals surface area contributed by atoms with E-state index in [4.69, 9.17) is 4.74 Å². The highest BCUT2D eigenvalue weighted by Gasteiger charge is 2.19. The molecule has 2 heterocycles. The van der Waals surface area contributed by atoms with Crippen LogP contribution < -0.4 is 0 Å². The Balaban J connectivity index is 2.16. The highest BCUT2D eigenvalue weighted by Crippen LogP contribution is 2.33. The van der Waals surface area contributed by atoms with E-state index in [-0.39, 0.29) is 12.5 Å². The second-order valence-electron chi connectivity index (χ2n) is 6.40. The van der Waals surface area contributed by atoms with Gasteiger partial charge in [-0.2, -0.15) is 0 Å². The molecule has 1 aliphatic rings. The van der Waals surface area contributed by atoms with Gasteiger partial charge < -0.3 is 9.53 Å². The zero-order chi connectivity index (χ0) is 19.2. The van der Waals surface area contributed by atoms with Crippen LogP contribution in [0.1, 0.15) is 44.2 Å². The number of hydrogen-bond donors (Lipinski definition) is 0. The number of fused-ring (bicyclic) bond motifs is 4. The normalized spacial score (nSPS) is 17.0. The summed E-state index contributed by atoms with van der Waals surface area (Å²) < 4.78 is 19.0. The molecule has 140 valence electrons. The van der Waals surface area contributed by atoms with Gasteiger partial charge in [-0.3, -0.25) is 4.98 Å². The number of rotatable bonds is 3. The molecule has 0 radical (unpaired) electrons. The van der Waals surface area contributed by atoms with Crippen LogP contribution in [0.2, 0.25) is 0 Å². The maximum atomic E-state index is 13.9. The lowest BCUT2D eigenvalue weighted by Crippen LogP contribution is -2.17. The lowest BCUT2D eigenvalue weighted by atomic mass is 9.94. The highest BCUT2D eigenvalue weighted by atomic mass is 19.1. The molecule has 5 nitrogen and oxygen atoms in total. The summed E-state index contributed by atoms with van der Waals surface area (Å²) in [6.07, 6.45) is 5.01. The van der Waals surface area contributed by atoms with Gasteiger partial charge in [-0.1, -0.05) is 6.42 Å². The monoisotopic (exact) mass is 368 g/mol. The lowest BCUT2D eigenvalue weighted by Gasteiger charge is -2.15. The standard InChI is InChI=1S/C21H21FN2O3/c1-2-27-21(26)19-6-4-3-5-15(13-25)20-11-14(9-10-23-20)17-12-16(22)7-8-18(17)24-19/h7-13,15H,2-6H2,1H3. The van der Waals surface area contributed by atoms with Crippen molar-refractivity contribution in [1.82, 2.24) is 4.98 Å². The van der Waals surface area contributed by atoms with Gasteiger partial charge in [0, 0.05) is 11.8 Å². The number of carbonyl (C=O) groups excluding carboxylic acids is 2. The molecule has 0 saturated carbocycles. The minimum absolute atomic E-state index is 0.259. The van der Waals surface area contributed by atoms with Gasteiger partial charge in [-0.05, 0) is 62.1 Å². The minimum Gasteiger partial charge on any atom is -0.462 e. The predicted octanol–water partition coefficient (Wildman–Crippen LogP) is 4.38. The average Bonchev–Trinajstić information content (AvgIpc) is 2.67. The summed E-state index contributed by atoms with van der Waals surface area (Å²) in [5, 5.41) is 0. The van der Waals surface area contributed by atoms with Crippen LogP contribution in [0.25, 0.3) is 11.1 Å². The molecule has 0 spiro atoms. The Bertz CT molecular complexity index is 879. The number of aldehydes is 1. The number of esters is 1. The van der Waals surface area contributed by atoms with Crippen LogP contribution in [-0.4, -0.2) is 29.6 Å². The van der Waals surface area contributed by atoms with Crippen molar-refractivity contribution in [2.75, 3.05) is 6.61 Å². The number of pyridine rings is 1. The van der Waals surface area contributed by atoms with Gasteiger partial charge in [0.15, 0.2) is 0 Å². The Hall–Kier alpha value is -2.89. The number of benzene rings is 1. The van der Waals surface area contributed by atoms with E-state index in [0.29, 0.717) is 47.5 Å². The summed E-state index contributed by atoms with van der Waals surface area (Å²) in [4.78, 5) is 32.7. The van der Waals surface area contributed by atoms with Crippen LogP contribution >= 0.6 is 0 Å². The van der Waals surface area contributed by atoms with E-state index >= 15 is 0 Å². The molecule has 6 heteroatoms.